The van der Waals surface area contributed by atoms with Gasteiger partial charge in [-0.15, -0.1) is 0 Å². The van der Waals surface area contributed by atoms with E-state index in [4.69, 9.17) is 14.9 Å². The van der Waals surface area contributed by atoms with Gasteiger partial charge in [-0.1, -0.05) is 50.2 Å². The summed E-state index contributed by atoms with van der Waals surface area (Å²) in [5, 5.41) is 2.25. The first-order chi connectivity index (χ1) is 10.6. The molecule has 0 amide bonds. The van der Waals surface area contributed by atoms with Gasteiger partial charge in [-0.05, 0) is 23.6 Å². The van der Waals surface area contributed by atoms with Gasteiger partial charge in [-0.2, -0.15) is 0 Å². The normalized spacial score (nSPS) is 13.2. The second-order valence-corrected chi connectivity index (χ2v) is 6.18. The molecule has 2 aromatic carbocycles. The van der Waals surface area contributed by atoms with E-state index in [2.05, 4.69) is 32.0 Å². The van der Waals surface area contributed by atoms with Crippen LogP contribution >= 0.6 is 0 Å². The third-order valence-corrected chi connectivity index (χ3v) is 4.03. The molecular formula is C19H21NO2. The van der Waals surface area contributed by atoms with E-state index in [1.807, 2.05) is 36.4 Å². The number of rotatable bonds is 5. The Kier molecular flexibility index (Phi) is 3.90. The monoisotopic (exact) mass is 295 g/mol. The Balaban J connectivity index is 2.03. The highest BCUT2D eigenvalue weighted by molar-refractivity contribution is 5.88. The van der Waals surface area contributed by atoms with Gasteiger partial charge in [0.05, 0.1) is 6.26 Å². The summed E-state index contributed by atoms with van der Waals surface area (Å²) < 4.78 is 11.9. The molecule has 0 saturated carbocycles. The van der Waals surface area contributed by atoms with Crippen LogP contribution in [0.15, 0.2) is 65.3 Å². The molecule has 0 aliphatic carbocycles. The smallest absolute Gasteiger partial charge is 0.162 e. The molecule has 1 aromatic heterocycles. The Bertz CT molecular complexity index is 742. The summed E-state index contributed by atoms with van der Waals surface area (Å²) in [6.07, 6.45) is 1.43. The Hall–Kier alpha value is -2.26. The van der Waals surface area contributed by atoms with E-state index in [1.165, 1.54) is 0 Å². The molecule has 22 heavy (non-hydrogen) atoms. The van der Waals surface area contributed by atoms with Crippen molar-refractivity contribution < 1.29 is 9.15 Å². The lowest BCUT2D eigenvalue weighted by atomic mass is 9.85. The van der Waals surface area contributed by atoms with Crippen LogP contribution in [0.2, 0.25) is 0 Å². The molecule has 1 atom stereocenters. The third kappa shape index (κ3) is 2.72. The largest absolute Gasteiger partial charge is 0.481 e. The zero-order valence-electron chi connectivity index (χ0n) is 13.0. The average molecular weight is 295 g/mol. The summed E-state index contributed by atoms with van der Waals surface area (Å²) in [6.45, 7) is 4.68. The van der Waals surface area contributed by atoms with Crippen LogP contribution in [0.25, 0.3) is 10.8 Å². The van der Waals surface area contributed by atoms with E-state index in [0.717, 1.165) is 22.3 Å². The van der Waals surface area contributed by atoms with E-state index in [0.29, 0.717) is 6.54 Å². The highest BCUT2D eigenvalue weighted by atomic mass is 16.5. The maximum absolute atomic E-state index is 6.35. The van der Waals surface area contributed by atoms with Gasteiger partial charge in [0, 0.05) is 17.3 Å². The molecule has 3 nitrogen and oxygen atoms in total. The van der Waals surface area contributed by atoms with Gasteiger partial charge in [0.2, 0.25) is 0 Å². The Morgan fingerprint density at radius 3 is 2.55 bits per heavy atom. The zero-order valence-corrected chi connectivity index (χ0v) is 13.0. The number of fused-ring (bicyclic) bond motifs is 1. The maximum Gasteiger partial charge on any atom is 0.162 e. The van der Waals surface area contributed by atoms with E-state index in [-0.39, 0.29) is 11.5 Å². The van der Waals surface area contributed by atoms with Gasteiger partial charge in [0.1, 0.15) is 11.5 Å². The topological polar surface area (TPSA) is 48.4 Å². The first-order valence-electron chi connectivity index (χ1n) is 7.50. The highest BCUT2D eigenvalue weighted by Gasteiger charge is 2.34. The third-order valence-electron chi connectivity index (χ3n) is 4.03. The highest BCUT2D eigenvalue weighted by Crippen LogP contribution is 2.39. The van der Waals surface area contributed by atoms with Gasteiger partial charge in [0.25, 0.3) is 0 Å². The molecule has 0 aliphatic rings. The van der Waals surface area contributed by atoms with Crippen molar-refractivity contribution in [3.8, 4) is 5.75 Å². The van der Waals surface area contributed by atoms with E-state index < -0.39 is 0 Å². The van der Waals surface area contributed by atoms with Crippen LogP contribution in [0.3, 0.4) is 0 Å². The predicted octanol–water partition coefficient (Wildman–Crippen LogP) is 4.54. The minimum atomic E-state index is -0.241. The lowest BCUT2D eigenvalue weighted by Crippen LogP contribution is -2.34. The second kappa shape index (κ2) is 5.85. The molecule has 0 saturated heterocycles. The molecule has 1 heterocycles. The molecule has 0 bridgehead atoms. The molecular weight excluding hydrogens is 274 g/mol. The molecule has 2 N–H and O–H groups in total. The van der Waals surface area contributed by atoms with Crippen LogP contribution in [-0.4, -0.2) is 6.54 Å². The lowest BCUT2D eigenvalue weighted by molar-refractivity contribution is 0.0611. The second-order valence-electron chi connectivity index (χ2n) is 6.18. The Morgan fingerprint density at radius 1 is 1.05 bits per heavy atom. The molecule has 0 aliphatic heterocycles. The van der Waals surface area contributed by atoms with Crippen molar-refractivity contribution in [1.82, 2.24) is 0 Å². The number of hydrogen-bond acceptors (Lipinski definition) is 3. The van der Waals surface area contributed by atoms with E-state index in [9.17, 15) is 0 Å². The fourth-order valence-electron chi connectivity index (χ4n) is 2.58. The summed E-state index contributed by atoms with van der Waals surface area (Å²) >= 11 is 0. The van der Waals surface area contributed by atoms with E-state index in [1.54, 1.807) is 6.26 Å². The number of ether oxygens (including phenoxy) is 1. The molecule has 0 fully saturated rings. The Morgan fingerprint density at radius 2 is 1.82 bits per heavy atom. The fraction of sp³-hybridized carbons (Fsp3) is 0.263. The summed E-state index contributed by atoms with van der Waals surface area (Å²) in [6, 6.07) is 18.1. The predicted molar refractivity (Wildman–Crippen MR) is 88.9 cm³/mol. The van der Waals surface area contributed by atoms with Crippen LogP contribution in [0.4, 0.5) is 0 Å². The number of benzene rings is 2. The fourth-order valence-corrected chi connectivity index (χ4v) is 2.58. The molecule has 3 heteroatoms. The number of hydrogen-bond donors (Lipinski definition) is 1. The van der Waals surface area contributed by atoms with Crippen LogP contribution in [0.1, 0.15) is 25.7 Å². The molecule has 1 unspecified atom stereocenters. The van der Waals surface area contributed by atoms with Crippen molar-refractivity contribution in [3.63, 3.8) is 0 Å². The molecule has 114 valence electrons. The van der Waals surface area contributed by atoms with Gasteiger partial charge >= 0.3 is 0 Å². The van der Waals surface area contributed by atoms with Gasteiger partial charge in [-0.3, -0.25) is 0 Å². The van der Waals surface area contributed by atoms with Gasteiger partial charge < -0.3 is 14.9 Å². The van der Waals surface area contributed by atoms with Crippen molar-refractivity contribution in [2.24, 2.45) is 11.1 Å². The van der Waals surface area contributed by atoms with Crippen LogP contribution in [-0.2, 0) is 0 Å². The summed E-state index contributed by atoms with van der Waals surface area (Å²) in [5.41, 5.74) is 5.72. The standard InChI is InChI=1S/C19H21NO2/c1-19(2,13-20)18(17-11-6-12-21-17)22-16-10-5-8-14-7-3-4-9-15(14)16/h3-12,18H,13,20H2,1-2H3. The molecule has 3 rings (SSSR count). The SMILES string of the molecule is CC(C)(CN)C(Oc1cccc2ccccc12)c1ccco1. The average Bonchev–Trinajstić information content (AvgIpc) is 3.06. The van der Waals surface area contributed by atoms with Crippen molar-refractivity contribution in [2.75, 3.05) is 6.54 Å². The van der Waals surface area contributed by atoms with Crippen LogP contribution in [0.5, 0.6) is 5.75 Å². The number of nitrogens with two attached hydrogens (primary N) is 1. The van der Waals surface area contributed by atoms with Gasteiger partial charge in [-0.25, -0.2) is 0 Å². The zero-order chi connectivity index (χ0) is 15.6. The molecule has 3 aromatic rings. The van der Waals surface area contributed by atoms with Crippen molar-refractivity contribution >= 4 is 10.8 Å². The van der Waals surface area contributed by atoms with Gasteiger partial charge in [0.15, 0.2) is 6.10 Å². The quantitative estimate of drug-likeness (QED) is 0.752. The van der Waals surface area contributed by atoms with Crippen LogP contribution in [0, 0.1) is 5.41 Å². The minimum absolute atomic E-state index is 0.238. The first-order valence-corrected chi connectivity index (χ1v) is 7.50. The van der Waals surface area contributed by atoms with E-state index >= 15 is 0 Å². The molecule has 0 spiro atoms. The van der Waals surface area contributed by atoms with Crippen molar-refractivity contribution in [3.05, 3.63) is 66.6 Å². The summed E-state index contributed by atoms with van der Waals surface area (Å²) in [7, 11) is 0. The number of furan rings is 1. The Labute approximate surface area is 130 Å². The van der Waals surface area contributed by atoms with Crippen LogP contribution < -0.4 is 10.5 Å². The molecule has 0 radical (unpaired) electrons. The minimum Gasteiger partial charge on any atom is -0.481 e. The lowest BCUT2D eigenvalue weighted by Gasteiger charge is -2.32. The first kappa shape index (κ1) is 14.7. The van der Waals surface area contributed by atoms with Crippen molar-refractivity contribution in [1.29, 1.82) is 0 Å². The van der Waals surface area contributed by atoms with Crippen molar-refractivity contribution in [2.45, 2.75) is 20.0 Å². The summed E-state index contributed by atoms with van der Waals surface area (Å²) in [4.78, 5) is 0. The summed E-state index contributed by atoms with van der Waals surface area (Å²) in [5.74, 6) is 1.64. The maximum atomic E-state index is 6.35.